The third kappa shape index (κ3) is 3.95. The molecule has 3 aromatic carbocycles. The van der Waals surface area contributed by atoms with E-state index in [4.69, 9.17) is 9.73 Å². The highest BCUT2D eigenvalue weighted by Crippen LogP contribution is 2.35. The summed E-state index contributed by atoms with van der Waals surface area (Å²) in [6.07, 6.45) is 0. The molecule has 27 heavy (non-hydrogen) atoms. The smallest absolute Gasteiger partial charge is 0.192 e. The third-order valence-electron chi connectivity index (χ3n) is 4.79. The lowest BCUT2D eigenvalue weighted by Crippen LogP contribution is -2.35. The van der Waals surface area contributed by atoms with Crippen LogP contribution in [0, 0.1) is 0 Å². The van der Waals surface area contributed by atoms with Crippen molar-refractivity contribution < 1.29 is 4.74 Å². The number of aliphatic imine (C=N–C) groups is 1. The van der Waals surface area contributed by atoms with E-state index in [1.807, 2.05) is 24.3 Å². The van der Waals surface area contributed by atoms with Crippen molar-refractivity contribution in [2.24, 2.45) is 4.99 Å². The quantitative estimate of drug-likeness (QED) is 0.718. The first-order chi connectivity index (χ1) is 13.3. The lowest BCUT2D eigenvalue weighted by molar-refractivity contribution is 0.414. The molecule has 0 bridgehead atoms. The van der Waals surface area contributed by atoms with Crippen molar-refractivity contribution in [3.05, 3.63) is 102 Å². The molecular weight excluding hydrogens is 334 g/mol. The van der Waals surface area contributed by atoms with Crippen molar-refractivity contribution >= 4 is 5.96 Å². The molecule has 0 spiro atoms. The van der Waals surface area contributed by atoms with Gasteiger partial charge in [0.05, 0.1) is 13.2 Å². The Kier molecular flexibility index (Phi) is 5.06. The Morgan fingerprint density at radius 1 is 0.852 bits per heavy atom. The molecule has 2 N–H and O–H groups in total. The van der Waals surface area contributed by atoms with Gasteiger partial charge in [-0.3, -0.25) is 0 Å². The molecule has 1 aliphatic heterocycles. The van der Waals surface area contributed by atoms with Gasteiger partial charge < -0.3 is 15.4 Å². The van der Waals surface area contributed by atoms with Crippen LogP contribution >= 0.6 is 0 Å². The number of rotatable bonds is 5. The molecule has 4 nitrogen and oxygen atoms in total. The highest BCUT2D eigenvalue weighted by Gasteiger charge is 2.30. The first-order valence-corrected chi connectivity index (χ1v) is 9.14. The minimum Gasteiger partial charge on any atom is -0.497 e. The predicted octanol–water partition coefficient (Wildman–Crippen LogP) is 4.23. The Hall–Kier alpha value is -3.27. The van der Waals surface area contributed by atoms with Crippen LogP contribution in [0.2, 0.25) is 0 Å². The number of hydrogen-bond acceptors (Lipinski definition) is 4. The van der Waals surface area contributed by atoms with Gasteiger partial charge in [-0.2, -0.15) is 0 Å². The van der Waals surface area contributed by atoms with Crippen LogP contribution < -0.4 is 15.4 Å². The van der Waals surface area contributed by atoms with E-state index in [1.54, 1.807) is 7.11 Å². The second-order valence-corrected chi connectivity index (χ2v) is 6.57. The molecule has 0 aromatic heterocycles. The van der Waals surface area contributed by atoms with Crippen molar-refractivity contribution in [1.82, 2.24) is 10.6 Å². The molecule has 1 aliphatic rings. The summed E-state index contributed by atoms with van der Waals surface area (Å²) >= 11 is 0. The molecule has 0 saturated carbocycles. The molecule has 0 unspecified atom stereocenters. The maximum atomic E-state index is 5.22. The van der Waals surface area contributed by atoms with Crippen molar-refractivity contribution in [3.8, 4) is 5.75 Å². The first-order valence-electron chi connectivity index (χ1n) is 9.14. The lowest BCUT2D eigenvalue weighted by atomic mass is 9.95. The van der Waals surface area contributed by atoms with Gasteiger partial charge in [0.1, 0.15) is 11.8 Å². The molecule has 0 fully saturated rings. The summed E-state index contributed by atoms with van der Waals surface area (Å²) in [6, 6.07) is 29.2. The second kappa shape index (κ2) is 7.96. The number of guanidine groups is 1. The molecule has 136 valence electrons. The van der Waals surface area contributed by atoms with Crippen LogP contribution in [-0.4, -0.2) is 13.1 Å². The number of benzene rings is 3. The summed E-state index contributed by atoms with van der Waals surface area (Å²) < 4.78 is 5.22. The van der Waals surface area contributed by atoms with Crippen LogP contribution in [0.4, 0.5) is 0 Å². The fourth-order valence-corrected chi connectivity index (χ4v) is 3.35. The molecule has 4 rings (SSSR count). The Morgan fingerprint density at radius 3 is 2.11 bits per heavy atom. The lowest BCUT2D eigenvalue weighted by Gasteiger charge is -2.19. The molecule has 0 saturated heterocycles. The van der Waals surface area contributed by atoms with E-state index >= 15 is 0 Å². The highest BCUT2D eigenvalue weighted by molar-refractivity contribution is 5.82. The van der Waals surface area contributed by atoms with Crippen molar-refractivity contribution in [1.29, 1.82) is 0 Å². The monoisotopic (exact) mass is 357 g/mol. The van der Waals surface area contributed by atoms with Crippen LogP contribution in [0.5, 0.6) is 5.75 Å². The number of methoxy groups -OCH3 is 1. The zero-order chi connectivity index (χ0) is 18.5. The van der Waals surface area contributed by atoms with E-state index < -0.39 is 0 Å². The summed E-state index contributed by atoms with van der Waals surface area (Å²) in [6.45, 7) is 0.707. The van der Waals surface area contributed by atoms with Gasteiger partial charge in [-0.25, -0.2) is 4.99 Å². The molecule has 0 aliphatic carbocycles. The molecule has 0 amide bonds. The van der Waals surface area contributed by atoms with E-state index in [0.29, 0.717) is 6.54 Å². The van der Waals surface area contributed by atoms with Gasteiger partial charge in [-0.1, -0.05) is 72.8 Å². The molecule has 1 heterocycles. The number of nitrogens with one attached hydrogen (secondary N) is 2. The average Bonchev–Trinajstić information content (AvgIpc) is 3.18. The Morgan fingerprint density at radius 2 is 1.48 bits per heavy atom. The predicted molar refractivity (Wildman–Crippen MR) is 109 cm³/mol. The van der Waals surface area contributed by atoms with Gasteiger partial charge in [0.2, 0.25) is 0 Å². The van der Waals surface area contributed by atoms with Crippen LogP contribution in [-0.2, 0) is 6.54 Å². The zero-order valence-electron chi connectivity index (χ0n) is 15.3. The Bertz CT molecular complexity index is 892. The van der Waals surface area contributed by atoms with Gasteiger partial charge in [0.25, 0.3) is 0 Å². The fraction of sp³-hybridized carbons (Fsp3) is 0.174. The second-order valence-electron chi connectivity index (χ2n) is 6.57. The molecule has 0 radical (unpaired) electrons. The van der Waals surface area contributed by atoms with E-state index in [9.17, 15) is 0 Å². The van der Waals surface area contributed by atoms with Gasteiger partial charge in [-0.15, -0.1) is 0 Å². The number of ether oxygens (including phenoxy) is 1. The Balaban J connectivity index is 1.52. The maximum Gasteiger partial charge on any atom is 0.192 e. The number of nitrogens with zero attached hydrogens (tertiary/aromatic N) is 1. The topological polar surface area (TPSA) is 45.6 Å². The number of hydrogen-bond donors (Lipinski definition) is 2. The zero-order valence-corrected chi connectivity index (χ0v) is 15.3. The van der Waals surface area contributed by atoms with Crippen LogP contribution in [0.15, 0.2) is 89.9 Å². The Labute approximate surface area is 159 Å². The van der Waals surface area contributed by atoms with Gasteiger partial charge in [0, 0.05) is 6.54 Å². The highest BCUT2D eigenvalue weighted by atomic mass is 16.5. The summed E-state index contributed by atoms with van der Waals surface area (Å²) in [7, 11) is 1.68. The molecule has 2 atom stereocenters. The standard InChI is InChI=1S/C23H23N3O/c1-27-20-14-12-17(13-15-20)16-24-23-25-21(18-8-4-2-5-9-18)22(26-23)19-10-6-3-7-11-19/h2-15,21-22H,16H2,1H3,(H2,24,25,26)/t21-,22+. The van der Waals surface area contributed by atoms with Crippen LogP contribution in [0.3, 0.4) is 0 Å². The molecule has 3 aromatic rings. The third-order valence-corrected chi connectivity index (χ3v) is 4.79. The summed E-state index contributed by atoms with van der Waals surface area (Å²) in [5, 5.41) is 7.00. The van der Waals surface area contributed by atoms with Crippen LogP contribution in [0.1, 0.15) is 28.8 Å². The summed E-state index contributed by atoms with van der Waals surface area (Å²) in [4.78, 5) is 4.93. The van der Waals surface area contributed by atoms with Gasteiger partial charge >= 0.3 is 0 Å². The SMILES string of the molecule is COc1ccc(CNC2=N[C@@H](c3ccccc3)[C@@H](c3ccccc3)N2)cc1. The first kappa shape index (κ1) is 17.2. The van der Waals surface area contributed by atoms with Crippen LogP contribution in [0.25, 0.3) is 0 Å². The van der Waals surface area contributed by atoms with Crippen molar-refractivity contribution in [2.75, 3.05) is 7.11 Å². The normalized spacial score (nSPS) is 18.5. The molecular formula is C23H23N3O. The summed E-state index contributed by atoms with van der Waals surface area (Å²) in [5.41, 5.74) is 3.62. The van der Waals surface area contributed by atoms with E-state index in [0.717, 1.165) is 11.7 Å². The van der Waals surface area contributed by atoms with Crippen molar-refractivity contribution in [3.63, 3.8) is 0 Å². The summed E-state index contributed by atoms with van der Waals surface area (Å²) in [5.74, 6) is 1.69. The van der Waals surface area contributed by atoms with Crippen molar-refractivity contribution in [2.45, 2.75) is 18.6 Å². The average molecular weight is 357 g/mol. The minimum atomic E-state index is 0.0481. The molecule has 4 heteroatoms. The largest absolute Gasteiger partial charge is 0.497 e. The van der Waals surface area contributed by atoms with Gasteiger partial charge in [-0.05, 0) is 28.8 Å². The minimum absolute atomic E-state index is 0.0481. The van der Waals surface area contributed by atoms with E-state index in [2.05, 4.69) is 71.3 Å². The fourth-order valence-electron chi connectivity index (χ4n) is 3.35. The van der Waals surface area contributed by atoms with E-state index in [-0.39, 0.29) is 12.1 Å². The van der Waals surface area contributed by atoms with E-state index in [1.165, 1.54) is 16.7 Å². The van der Waals surface area contributed by atoms with Gasteiger partial charge in [0.15, 0.2) is 5.96 Å². The maximum absolute atomic E-state index is 5.22.